The van der Waals surface area contributed by atoms with Crippen molar-refractivity contribution in [1.82, 2.24) is 10.2 Å². The van der Waals surface area contributed by atoms with Crippen molar-refractivity contribution in [3.8, 4) is 0 Å². The number of amides is 1. The molecule has 0 aromatic rings. The van der Waals surface area contributed by atoms with Crippen LogP contribution in [-0.4, -0.2) is 34.5 Å². The first-order chi connectivity index (χ1) is 7.22. The quantitative estimate of drug-likeness (QED) is 0.782. The van der Waals surface area contributed by atoms with Crippen molar-refractivity contribution in [2.75, 3.05) is 6.54 Å². The molecular weight excluding hydrogens is 200 g/mol. The Hall–Kier alpha value is -0.570. The largest absolute Gasteiger partial charge is 0.333 e. The van der Waals surface area contributed by atoms with Gasteiger partial charge in [-0.3, -0.25) is 4.79 Å². The Kier molecular flexibility index (Phi) is 3.68. The van der Waals surface area contributed by atoms with Crippen LogP contribution in [0.2, 0.25) is 0 Å². The summed E-state index contributed by atoms with van der Waals surface area (Å²) in [6.07, 6.45) is 2.01. The molecule has 1 amide bonds. The van der Waals surface area contributed by atoms with Crippen LogP contribution in [0.25, 0.3) is 0 Å². The fraction of sp³-hybridized carbons (Fsp3) is 0.923. The molecule has 3 heteroatoms. The number of carbonyl (C=O) groups excluding carboxylic acids is 1. The first kappa shape index (κ1) is 13.5. The monoisotopic (exact) mass is 226 g/mol. The Morgan fingerprint density at radius 2 is 1.94 bits per heavy atom. The lowest BCUT2D eigenvalue weighted by molar-refractivity contribution is -0.143. The Balaban J connectivity index is 3.08. The second-order valence-corrected chi connectivity index (χ2v) is 6.05. The average molecular weight is 226 g/mol. The fourth-order valence-electron chi connectivity index (χ4n) is 2.43. The molecule has 0 aromatic carbocycles. The lowest BCUT2D eigenvalue weighted by atomic mass is 9.94. The average Bonchev–Trinajstić information content (AvgIpc) is 2.22. The van der Waals surface area contributed by atoms with Crippen molar-refractivity contribution < 1.29 is 4.79 Å². The summed E-state index contributed by atoms with van der Waals surface area (Å²) in [5.41, 5.74) is -0.482. The summed E-state index contributed by atoms with van der Waals surface area (Å²) in [7, 11) is 0. The standard InChI is InChI=1S/C13H26N2O/c1-7-10(2)15-11(16)13(5,6)14-9-8-12(15,3)4/h10,14H,7-9H2,1-6H3. The van der Waals surface area contributed by atoms with Crippen LogP contribution in [0, 0.1) is 0 Å². The molecule has 0 aliphatic carbocycles. The number of carbonyl (C=O) groups is 1. The zero-order valence-electron chi connectivity index (χ0n) is 11.6. The minimum Gasteiger partial charge on any atom is -0.333 e. The van der Waals surface area contributed by atoms with Crippen LogP contribution < -0.4 is 5.32 Å². The summed E-state index contributed by atoms with van der Waals surface area (Å²) < 4.78 is 0. The molecule has 1 heterocycles. The van der Waals surface area contributed by atoms with Gasteiger partial charge in [-0.15, -0.1) is 0 Å². The van der Waals surface area contributed by atoms with Crippen molar-refractivity contribution in [2.24, 2.45) is 0 Å². The predicted molar refractivity (Wildman–Crippen MR) is 67.4 cm³/mol. The van der Waals surface area contributed by atoms with Crippen molar-refractivity contribution in [2.45, 2.75) is 71.5 Å². The van der Waals surface area contributed by atoms with Crippen LogP contribution >= 0.6 is 0 Å². The molecule has 1 aliphatic heterocycles. The molecule has 1 aliphatic rings. The molecule has 1 rings (SSSR count). The highest BCUT2D eigenvalue weighted by Gasteiger charge is 2.43. The molecule has 1 atom stereocenters. The van der Waals surface area contributed by atoms with E-state index in [1.54, 1.807) is 0 Å². The fourth-order valence-corrected chi connectivity index (χ4v) is 2.43. The van der Waals surface area contributed by atoms with Gasteiger partial charge in [0.1, 0.15) is 0 Å². The van der Waals surface area contributed by atoms with E-state index in [-0.39, 0.29) is 11.4 Å². The van der Waals surface area contributed by atoms with Crippen molar-refractivity contribution in [3.63, 3.8) is 0 Å². The summed E-state index contributed by atoms with van der Waals surface area (Å²) in [5, 5.41) is 3.34. The van der Waals surface area contributed by atoms with E-state index in [1.807, 2.05) is 13.8 Å². The number of rotatable bonds is 2. The van der Waals surface area contributed by atoms with Gasteiger partial charge in [-0.25, -0.2) is 0 Å². The van der Waals surface area contributed by atoms with Crippen LogP contribution in [-0.2, 0) is 4.79 Å². The van der Waals surface area contributed by atoms with Gasteiger partial charge in [-0.05, 0) is 54.0 Å². The van der Waals surface area contributed by atoms with E-state index in [0.717, 1.165) is 19.4 Å². The van der Waals surface area contributed by atoms with Gasteiger partial charge in [0, 0.05) is 11.6 Å². The highest BCUT2D eigenvalue weighted by atomic mass is 16.2. The van der Waals surface area contributed by atoms with Crippen LogP contribution in [0.4, 0.5) is 0 Å². The molecule has 0 saturated carbocycles. The minimum atomic E-state index is -0.433. The molecule has 0 radical (unpaired) electrons. The smallest absolute Gasteiger partial charge is 0.242 e. The summed E-state index contributed by atoms with van der Waals surface area (Å²) >= 11 is 0. The third-order valence-corrected chi connectivity index (χ3v) is 3.74. The van der Waals surface area contributed by atoms with Crippen molar-refractivity contribution in [3.05, 3.63) is 0 Å². The van der Waals surface area contributed by atoms with E-state index in [2.05, 4.69) is 37.9 Å². The summed E-state index contributed by atoms with van der Waals surface area (Å²) in [6, 6.07) is 0.307. The summed E-state index contributed by atoms with van der Waals surface area (Å²) in [6.45, 7) is 13.5. The lowest BCUT2D eigenvalue weighted by Crippen LogP contribution is -2.58. The SMILES string of the molecule is CCC(C)N1C(=O)C(C)(C)NCCC1(C)C. The highest BCUT2D eigenvalue weighted by Crippen LogP contribution is 2.28. The van der Waals surface area contributed by atoms with E-state index < -0.39 is 5.54 Å². The maximum Gasteiger partial charge on any atom is 0.242 e. The van der Waals surface area contributed by atoms with Crippen LogP contribution in [0.1, 0.15) is 54.4 Å². The lowest BCUT2D eigenvalue weighted by Gasteiger charge is -2.43. The number of nitrogens with zero attached hydrogens (tertiary/aromatic N) is 1. The zero-order valence-corrected chi connectivity index (χ0v) is 11.6. The minimum absolute atomic E-state index is 0.0483. The van der Waals surface area contributed by atoms with E-state index in [1.165, 1.54) is 0 Å². The van der Waals surface area contributed by atoms with E-state index in [0.29, 0.717) is 6.04 Å². The normalized spacial score (nSPS) is 26.4. The predicted octanol–water partition coefficient (Wildman–Crippen LogP) is 2.16. The van der Waals surface area contributed by atoms with E-state index in [9.17, 15) is 4.79 Å². The molecule has 1 saturated heterocycles. The third-order valence-electron chi connectivity index (χ3n) is 3.74. The molecular formula is C13H26N2O. The Bertz CT molecular complexity index is 271. The molecule has 1 N–H and O–H groups in total. The molecule has 94 valence electrons. The van der Waals surface area contributed by atoms with Gasteiger partial charge in [0.15, 0.2) is 0 Å². The van der Waals surface area contributed by atoms with Gasteiger partial charge in [0.05, 0.1) is 5.54 Å². The van der Waals surface area contributed by atoms with Crippen LogP contribution in [0.5, 0.6) is 0 Å². The van der Waals surface area contributed by atoms with Gasteiger partial charge in [-0.1, -0.05) is 6.92 Å². The maximum atomic E-state index is 12.5. The Labute approximate surface area is 99.6 Å². The highest BCUT2D eigenvalue weighted by molar-refractivity contribution is 5.86. The summed E-state index contributed by atoms with van der Waals surface area (Å²) in [4.78, 5) is 14.6. The van der Waals surface area contributed by atoms with Gasteiger partial charge >= 0.3 is 0 Å². The Morgan fingerprint density at radius 1 is 1.38 bits per heavy atom. The first-order valence-electron chi connectivity index (χ1n) is 6.31. The van der Waals surface area contributed by atoms with Gasteiger partial charge in [0.25, 0.3) is 0 Å². The number of hydrogen-bond donors (Lipinski definition) is 1. The van der Waals surface area contributed by atoms with Crippen LogP contribution in [0.3, 0.4) is 0 Å². The molecule has 16 heavy (non-hydrogen) atoms. The second kappa shape index (κ2) is 4.36. The Morgan fingerprint density at radius 3 is 2.44 bits per heavy atom. The number of hydrogen-bond acceptors (Lipinski definition) is 2. The van der Waals surface area contributed by atoms with Gasteiger partial charge in [0.2, 0.25) is 5.91 Å². The van der Waals surface area contributed by atoms with Crippen LogP contribution in [0.15, 0.2) is 0 Å². The second-order valence-electron chi connectivity index (χ2n) is 6.05. The number of nitrogens with one attached hydrogen (secondary N) is 1. The zero-order chi connectivity index (χ0) is 12.6. The molecule has 0 bridgehead atoms. The van der Waals surface area contributed by atoms with E-state index >= 15 is 0 Å². The third kappa shape index (κ3) is 2.40. The summed E-state index contributed by atoms with van der Waals surface area (Å²) in [5.74, 6) is 0.226. The topological polar surface area (TPSA) is 32.3 Å². The molecule has 0 aromatic heterocycles. The van der Waals surface area contributed by atoms with Crippen molar-refractivity contribution in [1.29, 1.82) is 0 Å². The van der Waals surface area contributed by atoms with Gasteiger partial charge in [-0.2, -0.15) is 0 Å². The molecule has 0 spiro atoms. The van der Waals surface area contributed by atoms with Crippen molar-refractivity contribution >= 4 is 5.91 Å². The molecule has 3 nitrogen and oxygen atoms in total. The van der Waals surface area contributed by atoms with Gasteiger partial charge < -0.3 is 10.2 Å². The maximum absolute atomic E-state index is 12.5. The first-order valence-corrected chi connectivity index (χ1v) is 6.31. The molecule has 1 fully saturated rings. The molecule has 1 unspecified atom stereocenters. The van der Waals surface area contributed by atoms with E-state index in [4.69, 9.17) is 0 Å².